The van der Waals surface area contributed by atoms with Crippen LogP contribution in [-0.4, -0.2) is 35.6 Å². The van der Waals surface area contributed by atoms with E-state index in [4.69, 9.17) is 0 Å². The largest absolute Gasteiger partial charge is 0.314 e. The number of aromatic nitrogens is 1. The Labute approximate surface area is 117 Å². The van der Waals surface area contributed by atoms with Crippen LogP contribution in [0.1, 0.15) is 38.1 Å². The fourth-order valence-electron chi connectivity index (χ4n) is 2.82. The Hall–Kier alpha value is -0.930. The highest BCUT2D eigenvalue weighted by atomic mass is 15.2. The van der Waals surface area contributed by atoms with Crippen molar-refractivity contribution in [2.24, 2.45) is 5.92 Å². The molecule has 0 radical (unpaired) electrons. The minimum Gasteiger partial charge on any atom is -0.314 e. The first-order valence-corrected chi connectivity index (χ1v) is 7.42. The van der Waals surface area contributed by atoms with Crippen molar-refractivity contribution >= 4 is 0 Å². The third-order valence-electron chi connectivity index (χ3n) is 4.09. The number of nitrogens with one attached hydrogen (secondary N) is 1. The van der Waals surface area contributed by atoms with Crippen molar-refractivity contribution in [3.8, 4) is 0 Å². The van der Waals surface area contributed by atoms with Crippen molar-refractivity contribution in [3.05, 3.63) is 29.6 Å². The maximum absolute atomic E-state index is 4.60. The molecule has 1 heterocycles. The van der Waals surface area contributed by atoms with Gasteiger partial charge in [0.05, 0.1) is 5.69 Å². The van der Waals surface area contributed by atoms with Crippen LogP contribution in [0.4, 0.5) is 0 Å². The van der Waals surface area contributed by atoms with Gasteiger partial charge in [0.2, 0.25) is 0 Å². The van der Waals surface area contributed by atoms with E-state index in [1.807, 2.05) is 0 Å². The monoisotopic (exact) mass is 261 g/mol. The van der Waals surface area contributed by atoms with Gasteiger partial charge in [-0.1, -0.05) is 19.9 Å². The van der Waals surface area contributed by atoms with Gasteiger partial charge >= 0.3 is 0 Å². The van der Waals surface area contributed by atoms with Crippen molar-refractivity contribution in [2.75, 3.05) is 13.6 Å². The zero-order valence-corrected chi connectivity index (χ0v) is 12.7. The van der Waals surface area contributed by atoms with Crippen molar-refractivity contribution < 1.29 is 0 Å². The summed E-state index contributed by atoms with van der Waals surface area (Å²) >= 11 is 0. The predicted octanol–water partition coefficient (Wildman–Crippen LogP) is 2.60. The summed E-state index contributed by atoms with van der Waals surface area (Å²) in [5.74, 6) is 0.803. The summed E-state index contributed by atoms with van der Waals surface area (Å²) in [6, 6.07) is 7.59. The summed E-state index contributed by atoms with van der Waals surface area (Å²) in [5, 5.41) is 3.56. The Morgan fingerprint density at radius 1 is 1.37 bits per heavy atom. The first-order valence-electron chi connectivity index (χ1n) is 7.42. The summed E-state index contributed by atoms with van der Waals surface area (Å²) in [5.41, 5.74) is 2.29. The molecule has 1 aromatic rings. The van der Waals surface area contributed by atoms with Crippen LogP contribution in [0, 0.1) is 12.8 Å². The average molecular weight is 261 g/mol. The van der Waals surface area contributed by atoms with Crippen LogP contribution in [-0.2, 0) is 6.54 Å². The molecule has 1 saturated carbocycles. The Bertz CT molecular complexity index is 403. The van der Waals surface area contributed by atoms with Gasteiger partial charge in [-0.2, -0.15) is 0 Å². The summed E-state index contributed by atoms with van der Waals surface area (Å²) in [4.78, 5) is 7.07. The molecule has 3 heteroatoms. The molecular weight excluding hydrogens is 234 g/mol. The topological polar surface area (TPSA) is 28.2 Å². The maximum Gasteiger partial charge on any atom is 0.0547 e. The molecule has 0 amide bonds. The van der Waals surface area contributed by atoms with Crippen LogP contribution in [0.5, 0.6) is 0 Å². The molecule has 2 rings (SSSR count). The maximum atomic E-state index is 4.60. The number of rotatable bonds is 6. The molecule has 2 atom stereocenters. The van der Waals surface area contributed by atoms with E-state index in [9.17, 15) is 0 Å². The minimum absolute atomic E-state index is 0.588. The highest BCUT2D eigenvalue weighted by Crippen LogP contribution is 2.31. The number of hydrogen-bond acceptors (Lipinski definition) is 3. The van der Waals surface area contributed by atoms with E-state index in [1.54, 1.807) is 0 Å². The van der Waals surface area contributed by atoms with Crippen LogP contribution >= 0.6 is 0 Å². The van der Waals surface area contributed by atoms with Gasteiger partial charge in [-0.05, 0) is 51.4 Å². The van der Waals surface area contributed by atoms with E-state index in [0.29, 0.717) is 12.1 Å². The van der Waals surface area contributed by atoms with Gasteiger partial charge in [-0.25, -0.2) is 0 Å². The first-order chi connectivity index (χ1) is 9.06. The van der Waals surface area contributed by atoms with Crippen molar-refractivity contribution in [3.63, 3.8) is 0 Å². The number of nitrogens with zero attached hydrogens (tertiary/aromatic N) is 2. The van der Waals surface area contributed by atoms with Crippen molar-refractivity contribution in [1.29, 1.82) is 0 Å². The summed E-state index contributed by atoms with van der Waals surface area (Å²) < 4.78 is 0. The highest BCUT2D eigenvalue weighted by Gasteiger charge is 2.33. The summed E-state index contributed by atoms with van der Waals surface area (Å²) in [6.07, 6.45) is 2.68. The van der Waals surface area contributed by atoms with E-state index < -0.39 is 0 Å². The molecule has 1 aliphatic rings. The lowest BCUT2D eigenvalue weighted by Gasteiger charge is -2.43. The molecule has 106 valence electrons. The molecule has 0 aromatic carbocycles. The fraction of sp³-hybridized carbons (Fsp3) is 0.688. The SMILES string of the molecule is Cc1cccc(CN(C)C2CCC2CNC(C)C)n1. The predicted molar refractivity (Wildman–Crippen MR) is 80.1 cm³/mol. The summed E-state index contributed by atoms with van der Waals surface area (Å²) in [6.45, 7) is 8.60. The van der Waals surface area contributed by atoms with Gasteiger partial charge in [0, 0.05) is 24.3 Å². The van der Waals surface area contributed by atoms with Gasteiger partial charge in [-0.15, -0.1) is 0 Å². The molecule has 0 saturated heterocycles. The fourth-order valence-corrected chi connectivity index (χ4v) is 2.82. The van der Waals surface area contributed by atoms with Crippen LogP contribution in [0.2, 0.25) is 0 Å². The quantitative estimate of drug-likeness (QED) is 0.853. The van der Waals surface area contributed by atoms with Gasteiger partial charge in [0.25, 0.3) is 0 Å². The first kappa shape index (κ1) is 14.5. The van der Waals surface area contributed by atoms with Crippen LogP contribution in [0.15, 0.2) is 18.2 Å². The average Bonchev–Trinajstić information content (AvgIpc) is 2.26. The van der Waals surface area contributed by atoms with Gasteiger partial charge in [0.15, 0.2) is 0 Å². The van der Waals surface area contributed by atoms with Crippen molar-refractivity contribution in [2.45, 2.75) is 52.2 Å². The van der Waals surface area contributed by atoms with Gasteiger partial charge in [-0.3, -0.25) is 9.88 Å². The molecule has 0 spiro atoms. The second-order valence-corrected chi connectivity index (χ2v) is 6.15. The van der Waals surface area contributed by atoms with Gasteiger partial charge < -0.3 is 5.32 Å². The zero-order valence-electron chi connectivity index (χ0n) is 12.7. The third kappa shape index (κ3) is 4.02. The van der Waals surface area contributed by atoms with E-state index in [1.165, 1.54) is 18.5 Å². The Morgan fingerprint density at radius 3 is 2.74 bits per heavy atom. The van der Waals surface area contributed by atoms with E-state index >= 15 is 0 Å². The smallest absolute Gasteiger partial charge is 0.0547 e. The third-order valence-corrected chi connectivity index (χ3v) is 4.09. The minimum atomic E-state index is 0.588. The highest BCUT2D eigenvalue weighted by molar-refractivity contribution is 5.10. The van der Waals surface area contributed by atoms with Crippen LogP contribution < -0.4 is 5.32 Å². The van der Waals surface area contributed by atoms with Crippen LogP contribution in [0.3, 0.4) is 0 Å². The number of aryl methyl sites for hydroxylation is 1. The lowest BCUT2D eigenvalue weighted by atomic mass is 9.78. The standard InChI is InChI=1S/C16H27N3/c1-12(2)17-10-14-8-9-16(14)19(4)11-15-7-5-6-13(3)18-15/h5-7,12,14,16-17H,8-11H2,1-4H3. The molecule has 1 aliphatic carbocycles. The molecule has 1 fully saturated rings. The van der Waals surface area contributed by atoms with E-state index in [2.05, 4.69) is 61.2 Å². The lowest BCUT2D eigenvalue weighted by molar-refractivity contribution is 0.0758. The normalized spacial score (nSPS) is 22.8. The van der Waals surface area contributed by atoms with Crippen LogP contribution in [0.25, 0.3) is 0 Å². The Morgan fingerprint density at radius 2 is 2.16 bits per heavy atom. The number of pyridine rings is 1. The second-order valence-electron chi connectivity index (χ2n) is 6.15. The van der Waals surface area contributed by atoms with E-state index in [0.717, 1.165) is 24.7 Å². The Kier molecular flexibility index (Phi) is 4.94. The number of hydrogen-bond donors (Lipinski definition) is 1. The summed E-state index contributed by atoms with van der Waals surface area (Å²) in [7, 11) is 2.23. The molecule has 3 nitrogen and oxygen atoms in total. The van der Waals surface area contributed by atoms with Gasteiger partial charge in [0.1, 0.15) is 0 Å². The van der Waals surface area contributed by atoms with E-state index in [-0.39, 0.29) is 0 Å². The molecule has 1 N–H and O–H groups in total. The molecule has 0 bridgehead atoms. The molecule has 0 aliphatic heterocycles. The second kappa shape index (κ2) is 6.49. The Balaban J connectivity index is 1.84. The van der Waals surface area contributed by atoms with Crippen molar-refractivity contribution in [1.82, 2.24) is 15.2 Å². The molecule has 2 unspecified atom stereocenters. The molecule has 1 aromatic heterocycles. The zero-order chi connectivity index (χ0) is 13.8. The molecule has 19 heavy (non-hydrogen) atoms. The molecular formula is C16H27N3. The lowest BCUT2D eigenvalue weighted by Crippen LogP contribution is -2.49.